The molecular formula is C35H49N3O4S. The average molecular weight is 608 g/mol. The van der Waals surface area contributed by atoms with Gasteiger partial charge < -0.3 is 19.8 Å². The zero-order chi connectivity index (χ0) is 30.6. The second-order valence-corrected chi connectivity index (χ2v) is 15.0. The number of rotatable bonds is 14. The molecule has 5 atom stereocenters. The van der Waals surface area contributed by atoms with Crippen LogP contribution in [0, 0.1) is 11.8 Å². The first-order valence-corrected chi connectivity index (χ1v) is 17.1. The Morgan fingerprint density at radius 1 is 1.02 bits per heavy atom. The second kappa shape index (κ2) is 13.6. The molecule has 1 aliphatic carbocycles. The molecule has 7 nitrogen and oxygen atoms in total. The van der Waals surface area contributed by atoms with Gasteiger partial charge in [-0.2, -0.15) is 0 Å². The van der Waals surface area contributed by atoms with E-state index >= 15 is 0 Å². The molecule has 2 bridgehead atoms. The minimum Gasteiger partial charge on any atom is -0.396 e. The summed E-state index contributed by atoms with van der Waals surface area (Å²) >= 11 is 1.75. The van der Waals surface area contributed by atoms with Crippen LogP contribution in [0.5, 0.6) is 0 Å². The second-order valence-electron chi connectivity index (χ2n) is 13.1. The van der Waals surface area contributed by atoms with Crippen molar-refractivity contribution in [2.45, 2.75) is 99.3 Å². The van der Waals surface area contributed by atoms with E-state index in [9.17, 15) is 19.5 Å². The third kappa shape index (κ3) is 5.94. The van der Waals surface area contributed by atoms with E-state index in [4.69, 9.17) is 0 Å². The highest BCUT2D eigenvalue weighted by Crippen LogP contribution is 2.71. The number of aliphatic hydroxyl groups excluding tert-OH is 1. The van der Waals surface area contributed by atoms with Crippen LogP contribution in [0.25, 0.3) is 0 Å². The number of unbranched alkanes of at least 4 members (excludes halogenated alkanes) is 2. The minimum atomic E-state index is -0.624. The third-order valence-corrected chi connectivity index (χ3v) is 12.3. The maximum absolute atomic E-state index is 14.8. The van der Waals surface area contributed by atoms with E-state index in [2.05, 4.69) is 20.1 Å². The predicted octanol–water partition coefficient (Wildman–Crippen LogP) is 5.19. The lowest BCUT2D eigenvalue weighted by atomic mass is 9.66. The largest absolute Gasteiger partial charge is 0.396 e. The first-order valence-electron chi connectivity index (χ1n) is 16.3. The van der Waals surface area contributed by atoms with E-state index in [1.54, 1.807) is 17.8 Å². The lowest BCUT2D eigenvalue weighted by molar-refractivity contribution is -0.146. The Kier molecular flexibility index (Phi) is 10.1. The molecule has 1 N–H and O–H groups in total. The van der Waals surface area contributed by atoms with Crippen molar-refractivity contribution in [3.05, 3.63) is 61.2 Å². The number of carbonyl (C=O) groups is 3. The molecule has 3 amide bonds. The van der Waals surface area contributed by atoms with Crippen molar-refractivity contribution in [2.75, 3.05) is 26.2 Å². The Bertz CT molecular complexity index is 1190. The summed E-state index contributed by atoms with van der Waals surface area (Å²) in [6.45, 7) is 12.0. The van der Waals surface area contributed by atoms with Crippen LogP contribution in [0.3, 0.4) is 0 Å². The highest BCUT2D eigenvalue weighted by Gasteiger charge is 2.77. The molecule has 0 aromatic heterocycles. The van der Waals surface area contributed by atoms with Crippen LogP contribution in [0.2, 0.25) is 0 Å². The van der Waals surface area contributed by atoms with Crippen LogP contribution in [0.4, 0.5) is 0 Å². The first kappa shape index (κ1) is 31.8. The highest BCUT2D eigenvalue weighted by molar-refractivity contribution is 8.02. The fourth-order valence-corrected chi connectivity index (χ4v) is 10.7. The summed E-state index contributed by atoms with van der Waals surface area (Å²) in [5, 5.41) is 9.36. The van der Waals surface area contributed by atoms with E-state index in [1.165, 1.54) is 6.42 Å². The number of thioether (sulfide) groups is 1. The van der Waals surface area contributed by atoms with Gasteiger partial charge >= 0.3 is 0 Å². The molecule has 4 fully saturated rings. The number of aliphatic hydroxyl groups is 1. The van der Waals surface area contributed by atoms with Crippen molar-refractivity contribution >= 4 is 29.5 Å². The van der Waals surface area contributed by atoms with E-state index in [0.717, 1.165) is 56.9 Å². The van der Waals surface area contributed by atoms with Crippen molar-refractivity contribution in [3.8, 4) is 0 Å². The molecule has 3 aliphatic heterocycles. The lowest BCUT2D eigenvalue weighted by Crippen LogP contribution is -2.57. The Labute approximate surface area is 261 Å². The molecule has 0 radical (unpaired) electrons. The molecule has 8 heteroatoms. The number of hydrogen-bond donors (Lipinski definition) is 1. The number of benzene rings is 1. The van der Waals surface area contributed by atoms with Gasteiger partial charge in [-0.05, 0) is 57.4 Å². The third-order valence-electron chi connectivity index (χ3n) is 10.3. The minimum absolute atomic E-state index is 0.0118. The Morgan fingerprint density at radius 3 is 2.42 bits per heavy atom. The normalized spacial score (nSPS) is 29.9. The van der Waals surface area contributed by atoms with Gasteiger partial charge in [0, 0.05) is 43.6 Å². The van der Waals surface area contributed by atoms with Gasteiger partial charge in [0.2, 0.25) is 17.7 Å². The summed E-state index contributed by atoms with van der Waals surface area (Å²) in [7, 11) is 0. The zero-order valence-electron chi connectivity index (χ0n) is 25.8. The smallest absolute Gasteiger partial charge is 0.247 e. The topological polar surface area (TPSA) is 81.2 Å². The number of likely N-dealkylation sites (tertiary alicyclic amines) is 1. The number of hydrogen-bond acceptors (Lipinski definition) is 5. The van der Waals surface area contributed by atoms with Crippen molar-refractivity contribution in [1.29, 1.82) is 0 Å². The SMILES string of the molecule is C=CCN(Cc1ccccc1)C(=O)[C@H]1[C@H]2C(=O)N(CCCCCO)C(C(=O)N(CC=C)C3CCCCC3)C23CC[C@]1(C)S3. The number of carbonyl (C=O) groups excluding carboxylic acids is 3. The van der Waals surface area contributed by atoms with E-state index < -0.39 is 27.4 Å². The monoisotopic (exact) mass is 607 g/mol. The molecule has 4 aliphatic rings. The molecular weight excluding hydrogens is 558 g/mol. The molecule has 1 aromatic carbocycles. The molecule has 3 saturated heterocycles. The molecule has 5 rings (SSSR count). The van der Waals surface area contributed by atoms with E-state index in [0.29, 0.717) is 32.6 Å². The van der Waals surface area contributed by atoms with Crippen LogP contribution >= 0.6 is 11.8 Å². The van der Waals surface area contributed by atoms with Crippen LogP contribution in [0.15, 0.2) is 55.6 Å². The van der Waals surface area contributed by atoms with Gasteiger partial charge in [-0.3, -0.25) is 14.4 Å². The van der Waals surface area contributed by atoms with Crippen LogP contribution in [-0.4, -0.2) is 85.3 Å². The van der Waals surface area contributed by atoms with Crippen molar-refractivity contribution < 1.29 is 19.5 Å². The summed E-state index contributed by atoms with van der Waals surface area (Å²) in [5.74, 6) is -1.06. The van der Waals surface area contributed by atoms with Gasteiger partial charge in [0.15, 0.2) is 0 Å². The van der Waals surface area contributed by atoms with Gasteiger partial charge in [-0.1, -0.05) is 61.7 Å². The number of fused-ring (bicyclic) bond motifs is 1. The molecule has 1 saturated carbocycles. The fourth-order valence-electron chi connectivity index (χ4n) is 8.39. The maximum atomic E-state index is 14.8. The van der Waals surface area contributed by atoms with Crippen LogP contribution in [0.1, 0.15) is 76.7 Å². The predicted molar refractivity (Wildman–Crippen MR) is 172 cm³/mol. The molecule has 234 valence electrons. The molecule has 43 heavy (non-hydrogen) atoms. The summed E-state index contributed by atoms with van der Waals surface area (Å²) in [5.41, 5.74) is 1.04. The van der Waals surface area contributed by atoms with Gasteiger partial charge in [0.25, 0.3) is 0 Å². The quantitative estimate of drug-likeness (QED) is 0.233. The van der Waals surface area contributed by atoms with E-state index in [-0.39, 0.29) is 30.4 Å². The molecule has 2 unspecified atom stereocenters. The fraction of sp³-hybridized carbons (Fsp3) is 0.629. The lowest BCUT2D eigenvalue weighted by Gasteiger charge is -2.41. The summed E-state index contributed by atoms with van der Waals surface area (Å²) in [4.78, 5) is 49.6. The van der Waals surface area contributed by atoms with Crippen LogP contribution < -0.4 is 0 Å². The average Bonchev–Trinajstić information content (AvgIpc) is 3.58. The number of amides is 3. The Hall–Kier alpha value is -2.58. The van der Waals surface area contributed by atoms with Gasteiger partial charge in [0.05, 0.1) is 16.6 Å². The highest BCUT2D eigenvalue weighted by atomic mass is 32.2. The van der Waals surface area contributed by atoms with E-state index in [1.807, 2.05) is 51.1 Å². The summed E-state index contributed by atoms with van der Waals surface area (Å²) in [6, 6.07) is 9.52. The van der Waals surface area contributed by atoms with Gasteiger partial charge in [0.1, 0.15) is 6.04 Å². The molecule has 3 heterocycles. The summed E-state index contributed by atoms with van der Waals surface area (Å²) < 4.78 is -1.04. The Morgan fingerprint density at radius 2 is 1.74 bits per heavy atom. The van der Waals surface area contributed by atoms with Gasteiger partial charge in [-0.15, -0.1) is 24.9 Å². The summed E-state index contributed by atoms with van der Waals surface area (Å²) in [6.07, 6.45) is 12.7. The molecule has 1 aromatic rings. The van der Waals surface area contributed by atoms with Crippen molar-refractivity contribution in [1.82, 2.24) is 14.7 Å². The van der Waals surface area contributed by atoms with Crippen LogP contribution in [-0.2, 0) is 20.9 Å². The first-order chi connectivity index (χ1) is 20.8. The molecule has 1 spiro atoms. The maximum Gasteiger partial charge on any atom is 0.247 e. The van der Waals surface area contributed by atoms with Crippen molar-refractivity contribution in [3.63, 3.8) is 0 Å². The zero-order valence-corrected chi connectivity index (χ0v) is 26.6. The van der Waals surface area contributed by atoms with Gasteiger partial charge in [-0.25, -0.2) is 0 Å². The van der Waals surface area contributed by atoms with Crippen molar-refractivity contribution in [2.24, 2.45) is 11.8 Å². The standard InChI is InChI=1S/C35H49N3O4S/c1-4-21-36(25-26-15-9-6-10-16-26)31(40)28-29-32(41)38(23-13-8-14-24-39)30(35(29)20-19-34(28,3)43-35)33(42)37(22-5-2)27-17-11-7-12-18-27/h4-6,9-10,15-16,27-30,39H,1-2,7-8,11-14,17-25H2,3H3/t28-,29+,30?,34+,35?/m1/s1. The Balaban J connectivity index is 1.50. The number of nitrogens with zero attached hydrogens (tertiary/aromatic N) is 3.